The van der Waals surface area contributed by atoms with Gasteiger partial charge in [0.2, 0.25) is 12.7 Å². The second-order valence-electron chi connectivity index (χ2n) is 9.90. The zero-order valence-electron chi connectivity index (χ0n) is 22.8. The first-order valence-electron chi connectivity index (χ1n) is 13.5. The van der Waals surface area contributed by atoms with Crippen LogP contribution in [0, 0.1) is 0 Å². The Morgan fingerprint density at radius 1 is 0.929 bits per heavy atom. The summed E-state index contributed by atoms with van der Waals surface area (Å²) in [5, 5.41) is 2.53. The number of anilines is 1. The van der Waals surface area contributed by atoms with Gasteiger partial charge in [-0.3, -0.25) is 9.69 Å². The first kappa shape index (κ1) is 29.3. The molecule has 3 amide bonds. The Labute approximate surface area is 240 Å². The van der Waals surface area contributed by atoms with Crippen molar-refractivity contribution in [2.75, 3.05) is 58.0 Å². The molecule has 13 heteroatoms. The highest BCUT2D eigenvalue weighted by atomic mass is 19.4. The van der Waals surface area contributed by atoms with Crippen molar-refractivity contribution in [1.82, 2.24) is 14.7 Å². The van der Waals surface area contributed by atoms with Crippen molar-refractivity contribution in [1.29, 1.82) is 0 Å². The molecule has 0 unspecified atom stereocenters. The fourth-order valence-corrected chi connectivity index (χ4v) is 4.66. The molecular weight excluding hydrogens is 557 g/mol. The van der Waals surface area contributed by atoms with Crippen LogP contribution in [-0.4, -0.2) is 79.4 Å². The second kappa shape index (κ2) is 13.2. The molecule has 3 heterocycles. The average Bonchev–Trinajstić information content (AvgIpc) is 3.67. The SMILES string of the molecule is O=C(CN(CCN1CCOCC1)C(=O)Nc1cccc(C(F)(F)F)c1)N(Cc1ccc2c(c1)OCO2)Cc1ccco1. The highest BCUT2D eigenvalue weighted by Crippen LogP contribution is 2.33. The monoisotopic (exact) mass is 588 g/mol. The summed E-state index contributed by atoms with van der Waals surface area (Å²) in [6, 6.07) is 12.6. The van der Waals surface area contributed by atoms with Crippen LogP contribution in [0.15, 0.2) is 65.3 Å². The number of amides is 3. The van der Waals surface area contributed by atoms with Crippen LogP contribution in [0.3, 0.4) is 0 Å². The summed E-state index contributed by atoms with van der Waals surface area (Å²) in [6.07, 6.45) is -3.05. The number of rotatable bonds is 10. The lowest BCUT2D eigenvalue weighted by molar-refractivity contribution is -0.137. The molecule has 42 heavy (non-hydrogen) atoms. The topological polar surface area (TPSA) is 96.7 Å². The van der Waals surface area contributed by atoms with E-state index in [2.05, 4.69) is 10.2 Å². The van der Waals surface area contributed by atoms with E-state index in [0.717, 1.165) is 17.7 Å². The van der Waals surface area contributed by atoms with E-state index in [9.17, 15) is 22.8 Å². The van der Waals surface area contributed by atoms with Gasteiger partial charge in [0.05, 0.1) is 31.6 Å². The first-order chi connectivity index (χ1) is 20.2. The number of fused-ring (bicyclic) bond motifs is 1. The van der Waals surface area contributed by atoms with E-state index >= 15 is 0 Å². The Balaban J connectivity index is 1.33. The summed E-state index contributed by atoms with van der Waals surface area (Å²) in [6.45, 7) is 3.26. The average molecular weight is 589 g/mol. The minimum atomic E-state index is -4.56. The third-order valence-electron chi connectivity index (χ3n) is 6.93. The van der Waals surface area contributed by atoms with Gasteiger partial charge in [-0.1, -0.05) is 12.1 Å². The Morgan fingerprint density at radius 3 is 2.50 bits per heavy atom. The van der Waals surface area contributed by atoms with E-state index in [1.165, 1.54) is 23.3 Å². The number of alkyl halides is 3. The molecule has 2 aliphatic rings. The Kier molecular flexibility index (Phi) is 9.18. The first-order valence-corrected chi connectivity index (χ1v) is 13.5. The van der Waals surface area contributed by atoms with Crippen molar-refractivity contribution in [2.24, 2.45) is 0 Å². The van der Waals surface area contributed by atoms with Gasteiger partial charge in [0.1, 0.15) is 12.3 Å². The lowest BCUT2D eigenvalue weighted by atomic mass is 10.2. The van der Waals surface area contributed by atoms with E-state index in [4.69, 9.17) is 18.6 Å². The van der Waals surface area contributed by atoms with Crippen molar-refractivity contribution in [2.45, 2.75) is 19.3 Å². The number of halogens is 3. The van der Waals surface area contributed by atoms with Crippen molar-refractivity contribution in [3.8, 4) is 11.5 Å². The lowest BCUT2D eigenvalue weighted by Gasteiger charge is -2.31. The van der Waals surface area contributed by atoms with Gasteiger partial charge in [-0.15, -0.1) is 0 Å². The number of urea groups is 1. The third-order valence-corrected chi connectivity index (χ3v) is 6.93. The predicted octanol–water partition coefficient (Wildman–Crippen LogP) is 4.42. The number of hydrogen-bond donors (Lipinski definition) is 1. The number of furan rings is 1. The quantitative estimate of drug-likeness (QED) is 0.375. The molecule has 2 aromatic carbocycles. The molecule has 10 nitrogen and oxygen atoms in total. The molecule has 1 fully saturated rings. The van der Waals surface area contributed by atoms with Crippen molar-refractivity contribution < 1.29 is 41.4 Å². The Hall–Kier alpha value is -4.23. The van der Waals surface area contributed by atoms with Gasteiger partial charge in [0.25, 0.3) is 0 Å². The van der Waals surface area contributed by atoms with Crippen LogP contribution in [0.4, 0.5) is 23.7 Å². The lowest BCUT2D eigenvalue weighted by Crippen LogP contribution is -2.48. The van der Waals surface area contributed by atoms with E-state index < -0.39 is 17.8 Å². The van der Waals surface area contributed by atoms with Gasteiger partial charge >= 0.3 is 12.2 Å². The summed E-state index contributed by atoms with van der Waals surface area (Å²) in [5.74, 6) is 1.37. The highest BCUT2D eigenvalue weighted by Gasteiger charge is 2.31. The van der Waals surface area contributed by atoms with Crippen LogP contribution in [0.25, 0.3) is 0 Å². The maximum atomic E-state index is 13.7. The van der Waals surface area contributed by atoms with Crippen molar-refractivity contribution in [3.05, 3.63) is 77.7 Å². The van der Waals surface area contributed by atoms with Gasteiger partial charge < -0.3 is 33.7 Å². The molecule has 2 aliphatic heterocycles. The minimum absolute atomic E-state index is 0.0218. The molecule has 5 rings (SSSR count). The standard InChI is InChI=1S/C29H31F3N4O6/c30-29(31,32)22-3-1-4-23(16-22)33-28(38)35(9-8-34-10-13-39-14-11-34)19-27(37)36(18-24-5-2-12-40-24)17-21-6-7-25-26(15-21)42-20-41-25/h1-7,12,15-16H,8-11,13-14,17-20H2,(H,33,38). The summed E-state index contributed by atoms with van der Waals surface area (Å²) in [7, 11) is 0. The Morgan fingerprint density at radius 2 is 1.74 bits per heavy atom. The molecule has 0 aliphatic carbocycles. The van der Waals surface area contributed by atoms with Crippen LogP contribution >= 0.6 is 0 Å². The van der Waals surface area contributed by atoms with Gasteiger partial charge in [-0.25, -0.2) is 4.79 Å². The fraction of sp³-hybridized carbons (Fsp3) is 0.379. The third kappa shape index (κ3) is 7.74. The predicted molar refractivity (Wildman–Crippen MR) is 145 cm³/mol. The Bertz CT molecular complexity index is 1360. The van der Waals surface area contributed by atoms with E-state index in [-0.39, 0.29) is 44.6 Å². The molecule has 0 atom stereocenters. The number of carbonyl (C=O) groups excluding carboxylic acids is 2. The zero-order chi connectivity index (χ0) is 29.5. The molecule has 0 radical (unpaired) electrons. The molecule has 1 saturated heterocycles. The molecular formula is C29H31F3N4O6. The van der Waals surface area contributed by atoms with Crippen LogP contribution in [0.2, 0.25) is 0 Å². The summed E-state index contributed by atoms with van der Waals surface area (Å²) >= 11 is 0. The molecule has 0 saturated carbocycles. The number of benzene rings is 2. The molecule has 1 N–H and O–H groups in total. The highest BCUT2D eigenvalue weighted by molar-refractivity contribution is 5.92. The van der Waals surface area contributed by atoms with Crippen LogP contribution in [0.5, 0.6) is 11.5 Å². The van der Waals surface area contributed by atoms with Gasteiger partial charge in [0.15, 0.2) is 11.5 Å². The van der Waals surface area contributed by atoms with Crippen LogP contribution in [-0.2, 0) is 28.8 Å². The molecule has 1 aromatic heterocycles. The van der Waals surface area contributed by atoms with Gasteiger partial charge in [0, 0.05) is 38.4 Å². The normalized spacial score (nSPS) is 14.9. The van der Waals surface area contributed by atoms with Gasteiger partial charge in [-0.05, 0) is 48.0 Å². The molecule has 224 valence electrons. The largest absolute Gasteiger partial charge is 0.467 e. The maximum absolute atomic E-state index is 13.7. The number of carbonyl (C=O) groups is 2. The second-order valence-corrected chi connectivity index (χ2v) is 9.90. The van der Waals surface area contributed by atoms with Crippen LogP contribution in [0.1, 0.15) is 16.9 Å². The van der Waals surface area contributed by atoms with Crippen molar-refractivity contribution >= 4 is 17.6 Å². The van der Waals surface area contributed by atoms with E-state index in [1.807, 2.05) is 6.07 Å². The number of ether oxygens (including phenoxy) is 3. The number of morpholine rings is 1. The summed E-state index contributed by atoms with van der Waals surface area (Å²) in [5.41, 5.74) is -0.122. The molecule has 0 bridgehead atoms. The fourth-order valence-electron chi connectivity index (χ4n) is 4.66. The number of nitrogens with zero attached hydrogens (tertiary/aromatic N) is 3. The van der Waals surface area contributed by atoms with Crippen molar-refractivity contribution in [3.63, 3.8) is 0 Å². The number of hydrogen-bond acceptors (Lipinski definition) is 7. The smallest absolute Gasteiger partial charge is 0.416 e. The summed E-state index contributed by atoms with van der Waals surface area (Å²) in [4.78, 5) is 32.1. The molecule has 3 aromatic rings. The summed E-state index contributed by atoms with van der Waals surface area (Å²) < 4.78 is 61.5. The number of nitrogens with one attached hydrogen (secondary N) is 1. The van der Waals surface area contributed by atoms with E-state index in [0.29, 0.717) is 50.1 Å². The van der Waals surface area contributed by atoms with Gasteiger partial charge in [-0.2, -0.15) is 13.2 Å². The zero-order valence-corrected chi connectivity index (χ0v) is 22.8. The van der Waals surface area contributed by atoms with E-state index in [1.54, 1.807) is 29.2 Å². The van der Waals surface area contributed by atoms with Crippen LogP contribution < -0.4 is 14.8 Å². The maximum Gasteiger partial charge on any atom is 0.416 e. The molecule has 0 spiro atoms. The minimum Gasteiger partial charge on any atom is -0.467 e.